The number of thiazole rings is 1. The van der Waals surface area contributed by atoms with Crippen molar-refractivity contribution in [3.8, 4) is 28.6 Å². The average molecular weight is 489 g/mol. The van der Waals surface area contributed by atoms with Crippen LogP contribution in [0, 0.1) is 6.92 Å². The smallest absolute Gasteiger partial charge is 0.244 e. The Labute approximate surface area is 196 Å². The van der Waals surface area contributed by atoms with Crippen molar-refractivity contribution in [2.75, 3.05) is 27.9 Å². The molecule has 9 nitrogen and oxygen atoms in total. The second-order valence-corrected chi connectivity index (χ2v) is 9.80. The van der Waals surface area contributed by atoms with E-state index in [1.54, 1.807) is 43.0 Å². The molecule has 4 aromatic rings. The van der Waals surface area contributed by atoms with Gasteiger partial charge in [0.05, 0.1) is 27.0 Å². The molecule has 1 N–H and O–H groups in total. The van der Waals surface area contributed by atoms with Crippen LogP contribution in [0.25, 0.3) is 16.3 Å². The first-order valence-electron chi connectivity index (χ1n) is 10.1. The maximum atomic E-state index is 12.8. The number of sulfonamides is 1. The van der Waals surface area contributed by atoms with Crippen LogP contribution in [0.2, 0.25) is 0 Å². The van der Waals surface area contributed by atoms with Crippen LogP contribution in [0.15, 0.2) is 46.7 Å². The third-order valence-corrected chi connectivity index (χ3v) is 7.42. The van der Waals surface area contributed by atoms with Gasteiger partial charge in [0.15, 0.2) is 17.3 Å². The lowest BCUT2D eigenvalue weighted by atomic mass is 10.2. The first-order chi connectivity index (χ1) is 15.9. The fourth-order valence-electron chi connectivity index (χ4n) is 3.38. The molecule has 0 unspecified atom stereocenters. The number of aromatic nitrogens is 3. The zero-order valence-corrected chi connectivity index (χ0v) is 20.3. The van der Waals surface area contributed by atoms with E-state index in [2.05, 4.69) is 14.8 Å². The maximum Gasteiger partial charge on any atom is 0.244 e. The van der Waals surface area contributed by atoms with Gasteiger partial charge in [-0.1, -0.05) is 6.07 Å². The SMILES string of the molecule is COc1ccc(-c2nc3scc(CCNS(=O)(=O)c4cc(C)ccc4OC)n3n2)cc1OC. The van der Waals surface area contributed by atoms with E-state index in [1.165, 1.54) is 18.4 Å². The minimum Gasteiger partial charge on any atom is -0.495 e. The fraction of sp³-hybridized carbons (Fsp3) is 0.273. The summed E-state index contributed by atoms with van der Waals surface area (Å²) < 4.78 is 45.9. The van der Waals surface area contributed by atoms with Gasteiger partial charge < -0.3 is 14.2 Å². The summed E-state index contributed by atoms with van der Waals surface area (Å²) in [4.78, 5) is 5.43. The highest BCUT2D eigenvalue weighted by Gasteiger charge is 2.20. The Kier molecular flexibility index (Phi) is 6.54. The van der Waals surface area contributed by atoms with Gasteiger partial charge in [0.1, 0.15) is 10.6 Å². The van der Waals surface area contributed by atoms with E-state index in [0.717, 1.165) is 21.8 Å². The molecule has 0 spiro atoms. The van der Waals surface area contributed by atoms with E-state index >= 15 is 0 Å². The summed E-state index contributed by atoms with van der Waals surface area (Å²) in [5.74, 6) is 2.07. The van der Waals surface area contributed by atoms with E-state index in [4.69, 9.17) is 14.2 Å². The van der Waals surface area contributed by atoms with Gasteiger partial charge in [0.25, 0.3) is 0 Å². The van der Waals surface area contributed by atoms with Gasteiger partial charge in [0.2, 0.25) is 15.0 Å². The lowest BCUT2D eigenvalue weighted by molar-refractivity contribution is 0.355. The van der Waals surface area contributed by atoms with Crippen LogP contribution in [0.5, 0.6) is 17.2 Å². The van der Waals surface area contributed by atoms with Crippen LogP contribution in [0.4, 0.5) is 0 Å². The maximum absolute atomic E-state index is 12.8. The number of rotatable bonds is 9. The van der Waals surface area contributed by atoms with Crippen LogP contribution in [-0.4, -0.2) is 50.9 Å². The van der Waals surface area contributed by atoms with Gasteiger partial charge in [-0.25, -0.2) is 17.7 Å². The number of ether oxygens (including phenoxy) is 3. The quantitative estimate of drug-likeness (QED) is 0.385. The molecule has 33 heavy (non-hydrogen) atoms. The molecule has 0 saturated heterocycles. The Balaban J connectivity index is 1.52. The molecule has 0 atom stereocenters. The largest absolute Gasteiger partial charge is 0.495 e. The summed E-state index contributed by atoms with van der Waals surface area (Å²) in [5, 5.41) is 6.53. The standard InChI is InChI=1S/C22H24N4O5S2/c1-14-5-7-18(30-3)20(11-14)33(27,28)23-10-9-16-13-32-22-24-21(25-26(16)22)15-6-8-17(29-2)19(12-15)31-4/h5-8,11-13,23H,9-10H2,1-4H3. The zero-order chi connectivity index (χ0) is 23.6. The fourth-order valence-corrected chi connectivity index (χ4v) is 5.52. The molecule has 2 heterocycles. The van der Waals surface area contributed by atoms with Crippen molar-refractivity contribution in [1.29, 1.82) is 0 Å². The summed E-state index contributed by atoms with van der Waals surface area (Å²) in [6.07, 6.45) is 0.447. The number of aryl methyl sites for hydroxylation is 1. The van der Waals surface area contributed by atoms with Gasteiger partial charge in [0, 0.05) is 23.9 Å². The molecule has 4 rings (SSSR count). The Morgan fingerprint density at radius 2 is 1.73 bits per heavy atom. The third kappa shape index (κ3) is 4.65. The lowest BCUT2D eigenvalue weighted by Crippen LogP contribution is -2.26. The highest BCUT2D eigenvalue weighted by Crippen LogP contribution is 2.32. The Hall–Kier alpha value is -3.15. The van der Waals surface area contributed by atoms with Crippen LogP contribution in [0.1, 0.15) is 11.3 Å². The highest BCUT2D eigenvalue weighted by molar-refractivity contribution is 7.89. The monoisotopic (exact) mass is 488 g/mol. The first kappa shape index (κ1) is 23.0. The van der Waals surface area contributed by atoms with E-state index in [0.29, 0.717) is 29.5 Å². The molecule has 0 bridgehead atoms. The Bertz CT molecular complexity index is 1400. The normalized spacial score (nSPS) is 11.6. The van der Waals surface area contributed by atoms with Crippen molar-refractivity contribution < 1.29 is 22.6 Å². The molecule has 0 aliphatic rings. The molecule has 0 radical (unpaired) electrons. The van der Waals surface area contributed by atoms with Crippen LogP contribution in [0.3, 0.4) is 0 Å². The second-order valence-electron chi connectivity index (χ2n) is 7.23. The summed E-state index contributed by atoms with van der Waals surface area (Å²) in [6.45, 7) is 2.04. The number of nitrogens with zero attached hydrogens (tertiary/aromatic N) is 3. The van der Waals surface area contributed by atoms with Crippen molar-refractivity contribution in [2.45, 2.75) is 18.2 Å². The Morgan fingerprint density at radius 3 is 2.45 bits per heavy atom. The predicted octanol–water partition coefficient (Wildman–Crippen LogP) is 3.31. The summed E-state index contributed by atoms with van der Waals surface area (Å²) in [5.41, 5.74) is 2.48. The molecule has 174 valence electrons. The molecule has 0 amide bonds. The summed E-state index contributed by atoms with van der Waals surface area (Å²) in [6, 6.07) is 10.5. The van der Waals surface area contributed by atoms with Crippen LogP contribution < -0.4 is 18.9 Å². The topological polar surface area (TPSA) is 104 Å². The minimum atomic E-state index is -3.73. The molecular weight excluding hydrogens is 464 g/mol. The molecule has 0 aliphatic heterocycles. The van der Waals surface area contributed by atoms with Crippen molar-refractivity contribution in [3.05, 3.63) is 53.0 Å². The van der Waals surface area contributed by atoms with Gasteiger partial charge in [-0.05, 0) is 42.8 Å². The highest BCUT2D eigenvalue weighted by atomic mass is 32.2. The molecule has 2 aromatic heterocycles. The summed E-state index contributed by atoms with van der Waals surface area (Å²) >= 11 is 1.45. The number of fused-ring (bicyclic) bond motifs is 1. The molecule has 0 saturated carbocycles. The lowest BCUT2D eigenvalue weighted by Gasteiger charge is -2.11. The number of hydrogen-bond donors (Lipinski definition) is 1. The predicted molar refractivity (Wildman–Crippen MR) is 126 cm³/mol. The number of benzene rings is 2. The van der Waals surface area contributed by atoms with E-state index in [1.807, 2.05) is 24.4 Å². The number of hydrogen-bond acceptors (Lipinski definition) is 8. The number of methoxy groups -OCH3 is 3. The number of nitrogens with one attached hydrogen (secondary N) is 1. The van der Waals surface area contributed by atoms with E-state index in [9.17, 15) is 8.42 Å². The van der Waals surface area contributed by atoms with Crippen LogP contribution in [-0.2, 0) is 16.4 Å². The minimum absolute atomic E-state index is 0.122. The average Bonchev–Trinajstić information content (AvgIpc) is 3.40. The van der Waals surface area contributed by atoms with Gasteiger partial charge in [-0.2, -0.15) is 4.98 Å². The second kappa shape index (κ2) is 9.38. The van der Waals surface area contributed by atoms with Crippen molar-refractivity contribution in [3.63, 3.8) is 0 Å². The Morgan fingerprint density at radius 1 is 1.00 bits per heavy atom. The van der Waals surface area contributed by atoms with Crippen LogP contribution >= 0.6 is 11.3 Å². The summed E-state index contributed by atoms with van der Waals surface area (Å²) in [7, 11) is 0.881. The molecule has 2 aromatic carbocycles. The van der Waals surface area contributed by atoms with Gasteiger partial charge >= 0.3 is 0 Å². The third-order valence-electron chi connectivity index (χ3n) is 5.07. The van der Waals surface area contributed by atoms with Gasteiger partial charge in [-0.3, -0.25) is 0 Å². The first-order valence-corrected chi connectivity index (χ1v) is 12.4. The van der Waals surface area contributed by atoms with Crippen molar-refractivity contribution in [1.82, 2.24) is 19.3 Å². The molecular formula is C22H24N4O5S2. The van der Waals surface area contributed by atoms with E-state index in [-0.39, 0.29) is 11.4 Å². The molecule has 0 aliphatic carbocycles. The molecule has 11 heteroatoms. The zero-order valence-electron chi connectivity index (χ0n) is 18.7. The van der Waals surface area contributed by atoms with Crippen molar-refractivity contribution in [2.24, 2.45) is 0 Å². The van der Waals surface area contributed by atoms with Gasteiger partial charge in [-0.15, -0.1) is 16.4 Å². The molecule has 0 fully saturated rings. The van der Waals surface area contributed by atoms with Crippen molar-refractivity contribution >= 4 is 26.3 Å². The van der Waals surface area contributed by atoms with E-state index < -0.39 is 10.0 Å².